The van der Waals surface area contributed by atoms with Gasteiger partial charge in [0, 0.05) is 4.90 Å². The van der Waals surface area contributed by atoms with Crippen molar-refractivity contribution in [3.8, 4) is 0 Å². The first-order chi connectivity index (χ1) is 5.77. The van der Waals surface area contributed by atoms with Crippen molar-refractivity contribution in [1.82, 2.24) is 0 Å². The van der Waals surface area contributed by atoms with Crippen molar-refractivity contribution in [1.29, 1.82) is 0 Å². The molecule has 1 rings (SSSR count). The van der Waals surface area contributed by atoms with E-state index in [1.807, 2.05) is 18.4 Å². The standard InChI is InChI=1S/C8H10N2OS/c1-12-8-4-2-7(3-5-8)10(9)6-11/h2-6H,9H2,1H3. The molecule has 1 amide bonds. The third kappa shape index (κ3) is 1.99. The molecule has 1 aromatic rings. The number of benzene rings is 1. The maximum atomic E-state index is 10.3. The lowest BCUT2D eigenvalue weighted by Gasteiger charge is -2.09. The van der Waals surface area contributed by atoms with Gasteiger partial charge in [-0.2, -0.15) is 0 Å². The number of hydrogen-bond donors (Lipinski definition) is 1. The van der Waals surface area contributed by atoms with Crippen molar-refractivity contribution < 1.29 is 4.79 Å². The second-order valence-electron chi connectivity index (χ2n) is 2.21. The topological polar surface area (TPSA) is 46.3 Å². The lowest BCUT2D eigenvalue weighted by Crippen LogP contribution is -2.28. The molecular weight excluding hydrogens is 172 g/mol. The van der Waals surface area contributed by atoms with Crippen LogP contribution in [0.4, 0.5) is 5.69 Å². The van der Waals surface area contributed by atoms with E-state index < -0.39 is 0 Å². The van der Waals surface area contributed by atoms with Crippen molar-refractivity contribution in [2.45, 2.75) is 4.90 Å². The van der Waals surface area contributed by atoms with Crippen molar-refractivity contribution >= 4 is 23.9 Å². The molecule has 0 unspecified atom stereocenters. The van der Waals surface area contributed by atoms with E-state index in [0.29, 0.717) is 12.1 Å². The summed E-state index contributed by atoms with van der Waals surface area (Å²) in [4.78, 5) is 11.4. The third-order valence-electron chi connectivity index (χ3n) is 1.48. The molecule has 0 aliphatic carbocycles. The Balaban J connectivity index is 2.84. The van der Waals surface area contributed by atoms with Gasteiger partial charge in [-0.15, -0.1) is 11.8 Å². The minimum atomic E-state index is 0.577. The maximum absolute atomic E-state index is 10.3. The molecule has 0 fully saturated rings. The number of thioether (sulfide) groups is 1. The van der Waals surface area contributed by atoms with Gasteiger partial charge >= 0.3 is 0 Å². The van der Waals surface area contributed by atoms with Gasteiger partial charge in [0.15, 0.2) is 0 Å². The van der Waals surface area contributed by atoms with E-state index in [2.05, 4.69) is 0 Å². The van der Waals surface area contributed by atoms with E-state index in [-0.39, 0.29) is 0 Å². The SMILES string of the molecule is CSc1ccc(N(N)C=O)cc1. The molecule has 64 valence electrons. The highest BCUT2D eigenvalue weighted by atomic mass is 32.2. The van der Waals surface area contributed by atoms with Gasteiger partial charge in [0.05, 0.1) is 5.69 Å². The van der Waals surface area contributed by atoms with Gasteiger partial charge in [0.25, 0.3) is 0 Å². The quantitative estimate of drug-likeness (QED) is 0.251. The van der Waals surface area contributed by atoms with Crippen LogP contribution in [-0.4, -0.2) is 12.7 Å². The van der Waals surface area contributed by atoms with Gasteiger partial charge in [-0.3, -0.25) is 9.80 Å². The lowest BCUT2D eigenvalue weighted by atomic mass is 10.3. The molecule has 0 bridgehead atoms. The highest BCUT2D eigenvalue weighted by Crippen LogP contribution is 2.18. The summed E-state index contributed by atoms with van der Waals surface area (Å²) in [7, 11) is 0. The number of hydrazine groups is 1. The van der Waals surface area contributed by atoms with E-state index >= 15 is 0 Å². The van der Waals surface area contributed by atoms with Crippen LogP contribution in [0.15, 0.2) is 29.2 Å². The smallest absolute Gasteiger partial charge is 0.228 e. The molecule has 0 spiro atoms. The summed E-state index contributed by atoms with van der Waals surface area (Å²) >= 11 is 1.65. The summed E-state index contributed by atoms with van der Waals surface area (Å²) in [5.41, 5.74) is 0.697. The Morgan fingerprint density at radius 3 is 2.42 bits per heavy atom. The molecule has 0 saturated heterocycles. The van der Waals surface area contributed by atoms with Gasteiger partial charge in [-0.25, -0.2) is 5.84 Å². The van der Waals surface area contributed by atoms with Crippen molar-refractivity contribution in [3.05, 3.63) is 24.3 Å². The molecule has 0 aliphatic heterocycles. The normalized spacial score (nSPS) is 9.50. The number of anilines is 1. The second kappa shape index (κ2) is 4.13. The van der Waals surface area contributed by atoms with Crippen molar-refractivity contribution in [3.63, 3.8) is 0 Å². The number of hydrogen-bond acceptors (Lipinski definition) is 3. The van der Waals surface area contributed by atoms with E-state index in [9.17, 15) is 4.79 Å². The number of nitrogens with zero attached hydrogens (tertiary/aromatic N) is 1. The Labute approximate surface area is 75.5 Å². The molecular formula is C8H10N2OS. The van der Waals surface area contributed by atoms with Crippen LogP contribution >= 0.6 is 11.8 Å². The third-order valence-corrected chi connectivity index (χ3v) is 2.23. The Morgan fingerprint density at radius 1 is 1.42 bits per heavy atom. The lowest BCUT2D eigenvalue weighted by molar-refractivity contribution is -0.107. The average molecular weight is 182 g/mol. The summed E-state index contributed by atoms with van der Waals surface area (Å²) in [6.07, 6.45) is 2.57. The minimum absolute atomic E-state index is 0.577. The Kier molecular flexibility index (Phi) is 3.13. The maximum Gasteiger partial charge on any atom is 0.228 e. The average Bonchev–Trinajstić information content (AvgIpc) is 2.17. The van der Waals surface area contributed by atoms with Crippen molar-refractivity contribution in [2.75, 3.05) is 11.3 Å². The molecule has 0 atom stereocenters. The van der Waals surface area contributed by atoms with Crippen LogP contribution in [0.2, 0.25) is 0 Å². The molecule has 2 N–H and O–H groups in total. The highest BCUT2D eigenvalue weighted by molar-refractivity contribution is 7.98. The summed E-state index contributed by atoms with van der Waals surface area (Å²) in [6.45, 7) is 0. The molecule has 0 aromatic heterocycles. The molecule has 1 aromatic carbocycles. The molecule has 0 aliphatic rings. The van der Waals surface area contributed by atoms with Crippen LogP contribution in [0.5, 0.6) is 0 Å². The fourth-order valence-corrected chi connectivity index (χ4v) is 1.22. The molecule has 0 heterocycles. The predicted octanol–water partition coefficient (Wildman–Crippen LogP) is 1.25. The van der Waals surface area contributed by atoms with Gasteiger partial charge in [0.2, 0.25) is 6.41 Å². The van der Waals surface area contributed by atoms with E-state index in [1.54, 1.807) is 23.9 Å². The molecule has 12 heavy (non-hydrogen) atoms. The zero-order valence-electron chi connectivity index (χ0n) is 6.73. The van der Waals surface area contributed by atoms with Crippen LogP contribution in [0, 0.1) is 0 Å². The number of amides is 1. The fraction of sp³-hybridized carbons (Fsp3) is 0.125. The summed E-state index contributed by atoms with van der Waals surface area (Å²) < 4.78 is 0. The van der Waals surface area contributed by atoms with Gasteiger partial charge in [-0.05, 0) is 30.5 Å². The van der Waals surface area contributed by atoms with E-state index in [0.717, 1.165) is 9.90 Å². The molecule has 0 saturated carbocycles. The molecule has 0 radical (unpaired) electrons. The van der Waals surface area contributed by atoms with Gasteiger partial charge < -0.3 is 0 Å². The van der Waals surface area contributed by atoms with Crippen LogP contribution in [0.25, 0.3) is 0 Å². The largest absolute Gasteiger partial charge is 0.277 e. The fourth-order valence-electron chi connectivity index (χ4n) is 0.815. The number of nitrogens with two attached hydrogens (primary N) is 1. The number of carbonyl (C=O) groups is 1. The molecule has 3 nitrogen and oxygen atoms in total. The Hall–Kier alpha value is -1.00. The zero-order chi connectivity index (χ0) is 8.97. The summed E-state index contributed by atoms with van der Waals surface area (Å²) in [5, 5.41) is 1.05. The second-order valence-corrected chi connectivity index (χ2v) is 3.09. The van der Waals surface area contributed by atoms with Crippen molar-refractivity contribution in [2.24, 2.45) is 5.84 Å². The number of rotatable bonds is 3. The summed E-state index contributed by atoms with van der Waals surface area (Å²) in [5.74, 6) is 5.34. The highest BCUT2D eigenvalue weighted by Gasteiger charge is 1.97. The van der Waals surface area contributed by atoms with Crippen LogP contribution in [-0.2, 0) is 4.79 Å². The molecule has 4 heteroatoms. The van der Waals surface area contributed by atoms with Crippen LogP contribution in [0.1, 0.15) is 0 Å². The van der Waals surface area contributed by atoms with E-state index in [4.69, 9.17) is 5.84 Å². The first-order valence-corrected chi connectivity index (χ1v) is 4.63. The first-order valence-electron chi connectivity index (χ1n) is 3.41. The Morgan fingerprint density at radius 2 is 2.00 bits per heavy atom. The monoisotopic (exact) mass is 182 g/mol. The van der Waals surface area contributed by atoms with Crippen LogP contribution in [0.3, 0.4) is 0 Å². The predicted molar refractivity (Wildman–Crippen MR) is 51.0 cm³/mol. The first kappa shape index (κ1) is 9.09. The minimum Gasteiger partial charge on any atom is -0.277 e. The van der Waals surface area contributed by atoms with Gasteiger partial charge in [-0.1, -0.05) is 0 Å². The van der Waals surface area contributed by atoms with Gasteiger partial charge in [0.1, 0.15) is 0 Å². The zero-order valence-corrected chi connectivity index (χ0v) is 7.54. The van der Waals surface area contributed by atoms with E-state index in [1.165, 1.54) is 0 Å². The van der Waals surface area contributed by atoms with Crippen LogP contribution < -0.4 is 10.9 Å². The number of carbonyl (C=O) groups excluding carboxylic acids is 1. The Bertz CT molecular complexity index is 260. The summed E-state index contributed by atoms with van der Waals surface area (Å²) in [6, 6.07) is 7.45.